The van der Waals surface area contributed by atoms with Crippen molar-refractivity contribution in [1.29, 1.82) is 0 Å². The molecule has 1 radical (unpaired) electrons. The molecular weight excluding hydrogens is 272 g/mol. The van der Waals surface area contributed by atoms with Gasteiger partial charge >= 0.3 is 0 Å². The van der Waals surface area contributed by atoms with Crippen molar-refractivity contribution in [2.24, 2.45) is 0 Å². The number of nitrogens with zero attached hydrogens (tertiary/aromatic N) is 2. The van der Waals surface area contributed by atoms with Crippen molar-refractivity contribution in [2.45, 2.75) is 0 Å². The number of rotatable bonds is 5. The summed E-state index contributed by atoms with van der Waals surface area (Å²) in [7, 11) is 2.18. The molecule has 0 amide bonds. The molecule has 0 spiro atoms. The van der Waals surface area contributed by atoms with Gasteiger partial charge in [-0.25, -0.2) is 0 Å². The summed E-state index contributed by atoms with van der Waals surface area (Å²) in [5, 5.41) is 0. The minimum absolute atomic E-state index is 0.752. The second-order valence-corrected chi connectivity index (χ2v) is 5.81. The van der Waals surface area contributed by atoms with Crippen molar-refractivity contribution >= 4 is 0 Å². The Morgan fingerprint density at radius 1 is 1.00 bits per heavy atom. The Morgan fingerprint density at radius 3 is 2.45 bits per heavy atom. The number of ether oxygens (including phenoxy) is 1. The summed E-state index contributed by atoms with van der Waals surface area (Å²) in [6, 6.07) is 19.4. The first kappa shape index (κ1) is 15.1. The van der Waals surface area contributed by atoms with Crippen LogP contribution in [0.4, 0.5) is 0 Å². The second kappa shape index (κ2) is 7.43. The van der Waals surface area contributed by atoms with Crippen LogP contribution in [0.3, 0.4) is 0 Å². The maximum atomic E-state index is 5.86. The molecule has 2 aromatic carbocycles. The van der Waals surface area contributed by atoms with Crippen molar-refractivity contribution in [3.8, 4) is 16.9 Å². The van der Waals surface area contributed by atoms with Crippen LogP contribution < -0.4 is 4.74 Å². The summed E-state index contributed by atoms with van der Waals surface area (Å²) >= 11 is 0. The van der Waals surface area contributed by atoms with Crippen molar-refractivity contribution < 1.29 is 4.74 Å². The van der Waals surface area contributed by atoms with Gasteiger partial charge < -0.3 is 9.64 Å². The van der Waals surface area contributed by atoms with Gasteiger partial charge in [0.05, 0.1) is 0 Å². The van der Waals surface area contributed by atoms with E-state index in [0.29, 0.717) is 0 Å². The zero-order chi connectivity index (χ0) is 15.2. The Labute approximate surface area is 133 Å². The minimum Gasteiger partial charge on any atom is -0.492 e. The van der Waals surface area contributed by atoms with Crippen molar-refractivity contribution in [2.75, 3.05) is 46.4 Å². The Morgan fingerprint density at radius 2 is 1.77 bits per heavy atom. The highest BCUT2D eigenvalue weighted by molar-refractivity contribution is 5.63. The van der Waals surface area contributed by atoms with E-state index >= 15 is 0 Å². The predicted octanol–water partition coefficient (Wildman–Crippen LogP) is 2.78. The van der Waals surface area contributed by atoms with Gasteiger partial charge in [-0.15, -0.1) is 0 Å². The van der Waals surface area contributed by atoms with Gasteiger partial charge in [0.25, 0.3) is 0 Å². The normalized spacial score (nSPS) is 16.6. The standard InChI is InChI=1S/C19H23N2O/c1-20-11-13-21(14-12-20)15-16-22-19-9-7-18(8-10-19)17-5-3-2-4-6-17/h2-3,5-10H,11-16H2,1H3. The maximum absolute atomic E-state index is 5.86. The number of hydrogen-bond acceptors (Lipinski definition) is 3. The molecule has 1 fully saturated rings. The van der Waals surface area contributed by atoms with Gasteiger partial charge in [-0.05, 0) is 42.4 Å². The second-order valence-electron chi connectivity index (χ2n) is 5.81. The Hall–Kier alpha value is -1.84. The Bertz CT molecular complexity index is 560. The highest BCUT2D eigenvalue weighted by Crippen LogP contribution is 2.21. The van der Waals surface area contributed by atoms with Crippen LogP contribution in [0.2, 0.25) is 0 Å². The fraction of sp³-hybridized carbons (Fsp3) is 0.368. The van der Waals surface area contributed by atoms with Crippen LogP contribution in [0, 0.1) is 6.07 Å². The molecule has 22 heavy (non-hydrogen) atoms. The lowest BCUT2D eigenvalue weighted by atomic mass is 10.1. The molecule has 3 rings (SSSR count). The van der Waals surface area contributed by atoms with E-state index in [1.165, 1.54) is 11.1 Å². The first-order valence-electron chi connectivity index (χ1n) is 7.91. The first-order valence-corrected chi connectivity index (χ1v) is 7.91. The largest absolute Gasteiger partial charge is 0.492 e. The van der Waals surface area contributed by atoms with Gasteiger partial charge in [0, 0.05) is 32.7 Å². The van der Waals surface area contributed by atoms with E-state index in [4.69, 9.17) is 4.74 Å². The molecular formula is C19H23N2O. The average Bonchev–Trinajstić information content (AvgIpc) is 2.58. The van der Waals surface area contributed by atoms with Crippen molar-refractivity contribution in [3.63, 3.8) is 0 Å². The third kappa shape index (κ3) is 4.09. The Kier molecular flexibility index (Phi) is 5.09. The summed E-state index contributed by atoms with van der Waals surface area (Å²) in [5.41, 5.74) is 2.38. The fourth-order valence-corrected chi connectivity index (χ4v) is 2.68. The molecule has 115 valence electrons. The van der Waals surface area contributed by atoms with Gasteiger partial charge in [0.2, 0.25) is 0 Å². The van der Waals surface area contributed by atoms with Gasteiger partial charge in [-0.2, -0.15) is 0 Å². The third-order valence-corrected chi connectivity index (χ3v) is 4.17. The lowest BCUT2D eigenvalue weighted by molar-refractivity contribution is 0.134. The molecule has 1 saturated heterocycles. The summed E-state index contributed by atoms with van der Waals surface area (Å²) in [5.74, 6) is 0.942. The lowest BCUT2D eigenvalue weighted by Gasteiger charge is -2.32. The third-order valence-electron chi connectivity index (χ3n) is 4.17. The summed E-state index contributed by atoms with van der Waals surface area (Å²) in [6.07, 6.45) is 0. The topological polar surface area (TPSA) is 15.7 Å². The Balaban J connectivity index is 1.47. The van der Waals surface area contributed by atoms with Gasteiger partial charge in [-0.3, -0.25) is 4.90 Å². The molecule has 2 aromatic rings. The predicted molar refractivity (Wildman–Crippen MR) is 90.1 cm³/mol. The number of hydrogen-bond donors (Lipinski definition) is 0. The SMILES string of the molecule is CN1CCN(CCOc2ccc(-c3c[c]ccc3)cc2)CC1. The molecule has 3 nitrogen and oxygen atoms in total. The average molecular weight is 295 g/mol. The smallest absolute Gasteiger partial charge is 0.119 e. The number of piperazine rings is 1. The van der Waals surface area contributed by atoms with Crippen molar-refractivity contribution in [3.05, 3.63) is 54.6 Å². The molecule has 0 aliphatic carbocycles. The molecule has 0 aromatic heterocycles. The van der Waals surface area contributed by atoms with E-state index in [1.54, 1.807) is 0 Å². The summed E-state index contributed by atoms with van der Waals surface area (Å²) < 4.78 is 5.86. The lowest BCUT2D eigenvalue weighted by Crippen LogP contribution is -2.45. The molecule has 1 heterocycles. The van der Waals surface area contributed by atoms with Gasteiger partial charge in [-0.1, -0.05) is 30.3 Å². The zero-order valence-electron chi connectivity index (χ0n) is 13.2. The molecule has 1 aliphatic heterocycles. The molecule has 1 aliphatic rings. The highest BCUT2D eigenvalue weighted by Gasteiger charge is 2.13. The van der Waals surface area contributed by atoms with E-state index in [-0.39, 0.29) is 0 Å². The highest BCUT2D eigenvalue weighted by atomic mass is 16.5. The fourth-order valence-electron chi connectivity index (χ4n) is 2.68. The van der Waals surface area contributed by atoms with Crippen LogP contribution in [-0.4, -0.2) is 56.2 Å². The van der Waals surface area contributed by atoms with Crippen LogP contribution in [0.1, 0.15) is 0 Å². The van der Waals surface area contributed by atoms with Crippen molar-refractivity contribution in [1.82, 2.24) is 9.80 Å². The first-order chi connectivity index (χ1) is 10.8. The minimum atomic E-state index is 0.752. The molecule has 0 bridgehead atoms. The maximum Gasteiger partial charge on any atom is 0.119 e. The van der Waals surface area contributed by atoms with Crippen LogP contribution in [0.5, 0.6) is 5.75 Å². The van der Waals surface area contributed by atoms with Gasteiger partial charge in [0.1, 0.15) is 12.4 Å². The quantitative estimate of drug-likeness (QED) is 0.843. The number of benzene rings is 2. The van der Waals surface area contributed by atoms with E-state index in [2.05, 4.69) is 41.1 Å². The summed E-state index contributed by atoms with van der Waals surface area (Å²) in [4.78, 5) is 4.84. The van der Waals surface area contributed by atoms with E-state index in [1.807, 2.05) is 30.3 Å². The molecule has 0 saturated carbocycles. The summed E-state index contributed by atoms with van der Waals surface area (Å²) in [6.45, 7) is 6.35. The van der Waals surface area contributed by atoms with E-state index < -0.39 is 0 Å². The van der Waals surface area contributed by atoms with E-state index in [0.717, 1.165) is 45.1 Å². The van der Waals surface area contributed by atoms with Crippen LogP contribution in [0.15, 0.2) is 48.5 Å². The van der Waals surface area contributed by atoms with Gasteiger partial charge in [0.15, 0.2) is 0 Å². The molecule has 0 unspecified atom stereocenters. The molecule has 3 heteroatoms. The van der Waals surface area contributed by atoms with Crippen LogP contribution in [-0.2, 0) is 0 Å². The number of likely N-dealkylation sites (N-methyl/N-ethyl adjacent to an activating group) is 1. The monoisotopic (exact) mass is 295 g/mol. The van der Waals surface area contributed by atoms with E-state index in [9.17, 15) is 0 Å². The van der Waals surface area contributed by atoms with Crippen LogP contribution in [0.25, 0.3) is 11.1 Å². The zero-order valence-corrected chi connectivity index (χ0v) is 13.2. The molecule has 0 atom stereocenters. The molecule has 0 N–H and O–H groups in total. The van der Waals surface area contributed by atoms with Crippen LogP contribution >= 0.6 is 0 Å².